The van der Waals surface area contributed by atoms with Gasteiger partial charge in [-0.3, -0.25) is 9.59 Å². The summed E-state index contributed by atoms with van der Waals surface area (Å²) < 4.78 is 30.6. The summed E-state index contributed by atoms with van der Waals surface area (Å²) >= 11 is 0. The van der Waals surface area contributed by atoms with Crippen LogP contribution in [-0.2, 0) is 27.9 Å². The second kappa shape index (κ2) is 10.1. The molecular formula is C22H23N3O5S. The van der Waals surface area contributed by atoms with Gasteiger partial charge in [0.15, 0.2) is 0 Å². The van der Waals surface area contributed by atoms with Crippen LogP contribution in [0.2, 0.25) is 0 Å². The zero-order valence-electron chi connectivity index (χ0n) is 16.9. The molecule has 8 nitrogen and oxygen atoms in total. The molecule has 0 aliphatic heterocycles. The molecule has 1 heterocycles. The van der Waals surface area contributed by atoms with Crippen molar-refractivity contribution in [2.24, 2.45) is 0 Å². The van der Waals surface area contributed by atoms with Crippen LogP contribution in [0.4, 0.5) is 5.69 Å². The summed E-state index contributed by atoms with van der Waals surface area (Å²) in [5.41, 5.74) is 1.31. The molecule has 0 radical (unpaired) electrons. The Morgan fingerprint density at radius 2 is 1.68 bits per heavy atom. The second-order valence-corrected chi connectivity index (χ2v) is 8.85. The van der Waals surface area contributed by atoms with Gasteiger partial charge in [0.2, 0.25) is 15.9 Å². The van der Waals surface area contributed by atoms with Crippen LogP contribution >= 0.6 is 0 Å². The summed E-state index contributed by atoms with van der Waals surface area (Å²) in [4.78, 5) is 25.2. The van der Waals surface area contributed by atoms with E-state index in [1.807, 2.05) is 6.07 Å². The number of carbonyl (C=O) groups is 2. The fourth-order valence-electron chi connectivity index (χ4n) is 2.89. The molecule has 31 heavy (non-hydrogen) atoms. The van der Waals surface area contributed by atoms with Crippen molar-refractivity contribution in [1.29, 1.82) is 0 Å². The summed E-state index contributed by atoms with van der Waals surface area (Å²) in [5, 5.41) is 5.37. The number of benzene rings is 2. The largest absolute Gasteiger partial charge is 0.467 e. The van der Waals surface area contributed by atoms with E-state index in [1.165, 1.54) is 6.26 Å². The quantitative estimate of drug-likeness (QED) is 0.531. The van der Waals surface area contributed by atoms with E-state index in [1.54, 1.807) is 60.7 Å². The number of anilines is 1. The molecule has 0 atom stereocenters. The Morgan fingerprint density at radius 1 is 0.968 bits per heavy atom. The number of sulfonamides is 1. The highest BCUT2D eigenvalue weighted by molar-refractivity contribution is 7.88. The predicted molar refractivity (Wildman–Crippen MR) is 117 cm³/mol. The number of rotatable bonds is 9. The van der Waals surface area contributed by atoms with E-state index < -0.39 is 21.8 Å². The van der Waals surface area contributed by atoms with Crippen LogP contribution in [0, 0.1) is 0 Å². The van der Waals surface area contributed by atoms with Gasteiger partial charge in [0, 0.05) is 6.54 Å². The van der Waals surface area contributed by atoms with E-state index in [-0.39, 0.29) is 30.9 Å². The Kier molecular flexibility index (Phi) is 7.22. The molecule has 3 rings (SSSR count). The number of para-hydroxylation sites is 1. The van der Waals surface area contributed by atoms with Crippen molar-refractivity contribution >= 4 is 27.5 Å². The third kappa shape index (κ3) is 6.53. The lowest BCUT2D eigenvalue weighted by Crippen LogP contribution is -2.37. The van der Waals surface area contributed by atoms with Crippen molar-refractivity contribution in [2.45, 2.75) is 13.1 Å². The average Bonchev–Trinajstić information content (AvgIpc) is 3.26. The molecule has 0 aliphatic rings. The molecule has 0 unspecified atom stereocenters. The third-order valence-corrected chi connectivity index (χ3v) is 5.64. The maximum absolute atomic E-state index is 12.6. The van der Waals surface area contributed by atoms with Gasteiger partial charge in [-0.1, -0.05) is 42.5 Å². The zero-order valence-corrected chi connectivity index (χ0v) is 17.8. The van der Waals surface area contributed by atoms with Gasteiger partial charge in [0.05, 0.1) is 36.9 Å². The van der Waals surface area contributed by atoms with Crippen molar-refractivity contribution in [3.05, 3.63) is 89.9 Å². The van der Waals surface area contributed by atoms with E-state index in [0.717, 1.165) is 16.1 Å². The first-order valence-electron chi connectivity index (χ1n) is 9.51. The lowest BCUT2D eigenvalue weighted by Gasteiger charge is -2.20. The van der Waals surface area contributed by atoms with Crippen LogP contribution in [0.25, 0.3) is 0 Å². The topological polar surface area (TPSA) is 109 Å². The summed E-state index contributed by atoms with van der Waals surface area (Å²) in [6.45, 7) is -0.110. The third-order valence-electron chi connectivity index (χ3n) is 4.44. The Morgan fingerprint density at radius 3 is 2.35 bits per heavy atom. The molecule has 9 heteroatoms. The predicted octanol–water partition coefficient (Wildman–Crippen LogP) is 2.61. The summed E-state index contributed by atoms with van der Waals surface area (Å²) in [6, 6.07) is 19.0. The average molecular weight is 442 g/mol. The smallest absolute Gasteiger partial charge is 0.253 e. The van der Waals surface area contributed by atoms with Gasteiger partial charge in [-0.05, 0) is 29.8 Å². The van der Waals surface area contributed by atoms with Crippen LogP contribution in [0.5, 0.6) is 0 Å². The fourth-order valence-corrected chi connectivity index (χ4v) is 3.63. The van der Waals surface area contributed by atoms with E-state index in [4.69, 9.17) is 4.42 Å². The first-order chi connectivity index (χ1) is 14.8. The van der Waals surface area contributed by atoms with E-state index in [9.17, 15) is 18.0 Å². The standard InChI is InChI=1S/C22H23N3O5S/c1-31(28,29)25(15-17-8-3-2-4-9-17)16-21(26)24-20-12-6-5-11-19(20)22(27)23-14-18-10-7-13-30-18/h2-13H,14-16H2,1H3,(H,23,27)(H,24,26). The molecule has 1 aromatic heterocycles. The molecule has 3 aromatic rings. The molecule has 0 bridgehead atoms. The number of carbonyl (C=O) groups excluding carboxylic acids is 2. The number of hydrogen-bond acceptors (Lipinski definition) is 5. The second-order valence-electron chi connectivity index (χ2n) is 6.87. The molecule has 0 saturated heterocycles. The highest BCUT2D eigenvalue weighted by atomic mass is 32.2. The van der Waals surface area contributed by atoms with E-state index in [0.29, 0.717) is 5.76 Å². The number of furan rings is 1. The maximum atomic E-state index is 12.6. The van der Waals surface area contributed by atoms with E-state index in [2.05, 4.69) is 10.6 Å². The molecule has 2 N–H and O–H groups in total. The zero-order chi connectivity index (χ0) is 22.3. The Bertz CT molecular complexity index is 1130. The van der Waals surface area contributed by atoms with Crippen LogP contribution in [0.1, 0.15) is 21.7 Å². The molecule has 0 aliphatic carbocycles. The minimum Gasteiger partial charge on any atom is -0.467 e. The minimum atomic E-state index is -3.63. The normalized spacial score (nSPS) is 11.3. The van der Waals surface area contributed by atoms with Gasteiger partial charge >= 0.3 is 0 Å². The monoisotopic (exact) mass is 441 g/mol. The first-order valence-corrected chi connectivity index (χ1v) is 11.4. The highest BCUT2D eigenvalue weighted by Crippen LogP contribution is 2.16. The van der Waals surface area contributed by atoms with Crippen LogP contribution in [0.15, 0.2) is 77.4 Å². The lowest BCUT2D eigenvalue weighted by molar-refractivity contribution is -0.116. The molecule has 2 aromatic carbocycles. The van der Waals surface area contributed by atoms with Crippen LogP contribution in [-0.4, -0.2) is 37.3 Å². The summed E-state index contributed by atoms with van der Waals surface area (Å²) in [5.74, 6) is -0.344. The van der Waals surface area contributed by atoms with Crippen LogP contribution < -0.4 is 10.6 Å². The molecule has 0 saturated carbocycles. The van der Waals surface area contributed by atoms with Gasteiger partial charge in [0.1, 0.15) is 5.76 Å². The minimum absolute atomic E-state index is 0.0678. The number of nitrogens with zero attached hydrogens (tertiary/aromatic N) is 1. The van der Waals surface area contributed by atoms with Crippen molar-refractivity contribution in [1.82, 2.24) is 9.62 Å². The van der Waals surface area contributed by atoms with Gasteiger partial charge in [-0.25, -0.2) is 8.42 Å². The van der Waals surface area contributed by atoms with Crippen molar-refractivity contribution in [3.8, 4) is 0 Å². The number of hydrogen-bond donors (Lipinski definition) is 2. The Hall–Kier alpha value is -3.43. The number of nitrogens with one attached hydrogen (secondary N) is 2. The SMILES string of the molecule is CS(=O)(=O)N(CC(=O)Nc1ccccc1C(=O)NCc1ccco1)Cc1ccccc1. The number of amides is 2. The van der Waals surface area contributed by atoms with E-state index >= 15 is 0 Å². The van der Waals surface area contributed by atoms with Gasteiger partial charge in [-0.15, -0.1) is 0 Å². The van der Waals surface area contributed by atoms with Crippen molar-refractivity contribution < 1.29 is 22.4 Å². The fraction of sp³-hybridized carbons (Fsp3) is 0.182. The lowest BCUT2D eigenvalue weighted by atomic mass is 10.1. The molecule has 162 valence electrons. The van der Waals surface area contributed by atoms with Gasteiger partial charge < -0.3 is 15.1 Å². The van der Waals surface area contributed by atoms with Crippen LogP contribution in [0.3, 0.4) is 0 Å². The van der Waals surface area contributed by atoms with Gasteiger partial charge in [0.25, 0.3) is 5.91 Å². The molecule has 2 amide bonds. The highest BCUT2D eigenvalue weighted by Gasteiger charge is 2.21. The molecule has 0 fully saturated rings. The van der Waals surface area contributed by atoms with Gasteiger partial charge in [-0.2, -0.15) is 4.31 Å². The summed E-state index contributed by atoms with van der Waals surface area (Å²) in [6.07, 6.45) is 2.57. The Balaban J connectivity index is 1.68. The molecular weight excluding hydrogens is 418 g/mol. The summed E-state index contributed by atoms with van der Waals surface area (Å²) in [7, 11) is -3.63. The molecule has 0 spiro atoms. The maximum Gasteiger partial charge on any atom is 0.253 e. The first kappa shape index (κ1) is 22.3. The Labute approximate surface area is 180 Å². The van der Waals surface area contributed by atoms with Crippen molar-refractivity contribution in [2.75, 3.05) is 18.1 Å². The van der Waals surface area contributed by atoms with Crippen molar-refractivity contribution in [3.63, 3.8) is 0 Å².